The van der Waals surface area contributed by atoms with E-state index in [0.29, 0.717) is 12.1 Å². The Morgan fingerprint density at radius 3 is 2.71 bits per heavy atom. The SMILES string of the molecule is CCNC1(C(N)=O)CCCC(N(C)C(C)C)C1. The highest BCUT2D eigenvalue weighted by Gasteiger charge is 2.41. The van der Waals surface area contributed by atoms with Crippen molar-refractivity contribution in [2.75, 3.05) is 13.6 Å². The molecule has 17 heavy (non-hydrogen) atoms. The van der Waals surface area contributed by atoms with Gasteiger partial charge in [0.2, 0.25) is 5.91 Å². The summed E-state index contributed by atoms with van der Waals surface area (Å²) in [4.78, 5) is 14.1. The highest BCUT2D eigenvalue weighted by atomic mass is 16.1. The molecule has 0 aromatic rings. The number of nitrogens with two attached hydrogens (primary N) is 1. The van der Waals surface area contributed by atoms with Crippen LogP contribution < -0.4 is 11.1 Å². The minimum Gasteiger partial charge on any atom is -0.368 e. The first kappa shape index (κ1) is 14.5. The third kappa shape index (κ3) is 3.19. The van der Waals surface area contributed by atoms with Gasteiger partial charge in [-0.3, -0.25) is 4.79 Å². The second-order valence-electron chi connectivity index (χ2n) is 5.49. The van der Waals surface area contributed by atoms with Crippen LogP contribution in [0.1, 0.15) is 46.5 Å². The molecule has 1 saturated carbocycles. The molecular formula is C13H27N3O. The third-order valence-corrected chi connectivity index (χ3v) is 4.10. The van der Waals surface area contributed by atoms with Crippen molar-refractivity contribution in [3.8, 4) is 0 Å². The van der Waals surface area contributed by atoms with Crippen molar-refractivity contribution in [2.45, 2.75) is 64.1 Å². The molecule has 0 aromatic carbocycles. The van der Waals surface area contributed by atoms with E-state index < -0.39 is 5.54 Å². The minimum atomic E-state index is -0.485. The van der Waals surface area contributed by atoms with Crippen LogP contribution in [-0.2, 0) is 4.79 Å². The lowest BCUT2D eigenvalue weighted by Gasteiger charge is -2.43. The Labute approximate surface area is 105 Å². The molecule has 0 bridgehead atoms. The fraction of sp³-hybridized carbons (Fsp3) is 0.923. The van der Waals surface area contributed by atoms with Crippen LogP contribution in [0.25, 0.3) is 0 Å². The van der Waals surface area contributed by atoms with E-state index in [1.807, 2.05) is 6.92 Å². The fourth-order valence-corrected chi connectivity index (χ4v) is 2.82. The van der Waals surface area contributed by atoms with Gasteiger partial charge in [-0.25, -0.2) is 0 Å². The first-order valence-corrected chi connectivity index (χ1v) is 6.70. The average molecular weight is 241 g/mol. The second kappa shape index (κ2) is 5.83. The Bertz CT molecular complexity index is 263. The number of hydrogen-bond donors (Lipinski definition) is 2. The number of nitrogens with one attached hydrogen (secondary N) is 1. The summed E-state index contributed by atoms with van der Waals surface area (Å²) in [5.74, 6) is -0.193. The maximum atomic E-state index is 11.7. The Morgan fingerprint density at radius 2 is 2.24 bits per heavy atom. The molecular weight excluding hydrogens is 214 g/mol. The van der Waals surface area contributed by atoms with Crippen LogP contribution in [0, 0.1) is 0 Å². The molecule has 0 spiro atoms. The molecule has 0 saturated heterocycles. The maximum Gasteiger partial charge on any atom is 0.237 e. The fourth-order valence-electron chi connectivity index (χ4n) is 2.82. The zero-order valence-corrected chi connectivity index (χ0v) is 11.6. The van der Waals surface area contributed by atoms with Crippen molar-refractivity contribution in [3.63, 3.8) is 0 Å². The molecule has 1 amide bonds. The molecule has 0 aromatic heterocycles. The van der Waals surface area contributed by atoms with E-state index in [-0.39, 0.29) is 5.91 Å². The molecule has 3 N–H and O–H groups in total. The quantitative estimate of drug-likeness (QED) is 0.758. The third-order valence-electron chi connectivity index (χ3n) is 4.10. The summed E-state index contributed by atoms with van der Waals surface area (Å²) >= 11 is 0. The number of nitrogens with zero attached hydrogens (tertiary/aromatic N) is 1. The standard InChI is InChI=1S/C13H27N3O/c1-5-15-13(12(14)17)8-6-7-11(9-13)16(4)10(2)3/h10-11,15H,5-9H2,1-4H3,(H2,14,17). The zero-order chi connectivity index (χ0) is 13.1. The summed E-state index contributed by atoms with van der Waals surface area (Å²) < 4.78 is 0. The predicted molar refractivity (Wildman–Crippen MR) is 70.8 cm³/mol. The van der Waals surface area contributed by atoms with E-state index in [1.54, 1.807) is 0 Å². The summed E-state index contributed by atoms with van der Waals surface area (Å²) in [5.41, 5.74) is 5.12. The van der Waals surface area contributed by atoms with E-state index in [1.165, 1.54) is 0 Å². The highest BCUT2D eigenvalue weighted by molar-refractivity contribution is 5.84. The number of carbonyl (C=O) groups is 1. The second-order valence-corrected chi connectivity index (χ2v) is 5.49. The van der Waals surface area contributed by atoms with E-state index in [0.717, 1.165) is 32.2 Å². The number of rotatable bonds is 5. The van der Waals surface area contributed by atoms with Crippen molar-refractivity contribution in [2.24, 2.45) is 5.73 Å². The van der Waals surface area contributed by atoms with Crippen molar-refractivity contribution >= 4 is 5.91 Å². The summed E-state index contributed by atoms with van der Waals surface area (Å²) in [6.07, 6.45) is 3.94. The van der Waals surface area contributed by atoms with Gasteiger partial charge in [0.1, 0.15) is 0 Å². The first-order chi connectivity index (χ1) is 7.93. The summed E-state index contributed by atoms with van der Waals surface area (Å²) in [6, 6.07) is 0.959. The van der Waals surface area contributed by atoms with Crippen LogP contribution in [0.2, 0.25) is 0 Å². The van der Waals surface area contributed by atoms with Gasteiger partial charge in [-0.15, -0.1) is 0 Å². The summed E-state index contributed by atoms with van der Waals surface area (Å²) in [7, 11) is 2.14. The smallest absolute Gasteiger partial charge is 0.237 e. The van der Waals surface area contributed by atoms with Crippen molar-refractivity contribution < 1.29 is 4.79 Å². The van der Waals surface area contributed by atoms with Crippen LogP contribution >= 0.6 is 0 Å². The number of carbonyl (C=O) groups excluding carboxylic acids is 1. The van der Waals surface area contributed by atoms with Crippen LogP contribution in [0.5, 0.6) is 0 Å². The Hall–Kier alpha value is -0.610. The van der Waals surface area contributed by atoms with Crippen molar-refractivity contribution in [1.29, 1.82) is 0 Å². The van der Waals surface area contributed by atoms with Gasteiger partial charge in [0, 0.05) is 12.1 Å². The van der Waals surface area contributed by atoms with Gasteiger partial charge < -0.3 is 16.0 Å². The van der Waals surface area contributed by atoms with E-state index in [4.69, 9.17) is 5.73 Å². The van der Waals surface area contributed by atoms with Gasteiger partial charge in [-0.05, 0) is 53.1 Å². The van der Waals surface area contributed by atoms with E-state index in [9.17, 15) is 4.79 Å². The molecule has 4 heteroatoms. The van der Waals surface area contributed by atoms with Gasteiger partial charge in [-0.2, -0.15) is 0 Å². The van der Waals surface area contributed by atoms with Gasteiger partial charge in [-0.1, -0.05) is 6.92 Å². The number of primary amides is 1. The molecule has 100 valence electrons. The Kier molecular flexibility index (Phi) is 4.95. The molecule has 2 unspecified atom stereocenters. The number of likely N-dealkylation sites (N-methyl/N-ethyl adjacent to an activating group) is 1. The molecule has 1 fully saturated rings. The summed E-state index contributed by atoms with van der Waals surface area (Å²) in [6.45, 7) is 7.20. The lowest BCUT2D eigenvalue weighted by Crippen LogP contribution is -2.60. The molecule has 0 aliphatic heterocycles. The van der Waals surface area contributed by atoms with Crippen LogP contribution in [0.4, 0.5) is 0 Å². The van der Waals surface area contributed by atoms with Gasteiger partial charge in [0.05, 0.1) is 5.54 Å². The van der Waals surface area contributed by atoms with E-state index >= 15 is 0 Å². The Morgan fingerprint density at radius 1 is 1.59 bits per heavy atom. The molecule has 1 aliphatic carbocycles. The zero-order valence-electron chi connectivity index (χ0n) is 11.6. The van der Waals surface area contributed by atoms with Gasteiger partial charge in [0.15, 0.2) is 0 Å². The van der Waals surface area contributed by atoms with E-state index in [2.05, 4.69) is 31.1 Å². The lowest BCUT2D eigenvalue weighted by atomic mass is 9.77. The van der Waals surface area contributed by atoms with Crippen molar-refractivity contribution in [3.05, 3.63) is 0 Å². The highest BCUT2D eigenvalue weighted by Crippen LogP contribution is 2.31. The summed E-state index contributed by atoms with van der Waals surface area (Å²) in [5, 5.41) is 3.32. The molecule has 2 atom stereocenters. The van der Waals surface area contributed by atoms with Gasteiger partial charge in [0.25, 0.3) is 0 Å². The monoisotopic (exact) mass is 241 g/mol. The molecule has 0 radical (unpaired) electrons. The minimum absolute atomic E-state index is 0.193. The van der Waals surface area contributed by atoms with Crippen LogP contribution in [0.3, 0.4) is 0 Å². The number of amides is 1. The van der Waals surface area contributed by atoms with Gasteiger partial charge >= 0.3 is 0 Å². The predicted octanol–water partition coefficient (Wildman–Crippen LogP) is 1.10. The largest absolute Gasteiger partial charge is 0.368 e. The first-order valence-electron chi connectivity index (χ1n) is 6.70. The molecule has 0 heterocycles. The van der Waals surface area contributed by atoms with Crippen LogP contribution in [-0.4, -0.2) is 42.0 Å². The van der Waals surface area contributed by atoms with Crippen LogP contribution in [0.15, 0.2) is 0 Å². The van der Waals surface area contributed by atoms with Crippen molar-refractivity contribution in [1.82, 2.24) is 10.2 Å². The number of hydrogen-bond acceptors (Lipinski definition) is 3. The average Bonchev–Trinajstić information content (AvgIpc) is 2.28. The molecule has 1 rings (SSSR count). The molecule has 1 aliphatic rings. The maximum absolute atomic E-state index is 11.7. The topological polar surface area (TPSA) is 58.4 Å². The normalized spacial score (nSPS) is 29.9. The molecule has 4 nitrogen and oxygen atoms in total. The lowest BCUT2D eigenvalue weighted by molar-refractivity contribution is -0.126. The Balaban J connectivity index is 2.78.